The second kappa shape index (κ2) is 9.00. The van der Waals surface area contributed by atoms with Crippen LogP contribution >= 0.6 is 0 Å². The molecule has 3 N–H and O–H groups in total. The van der Waals surface area contributed by atoms with Crippen LogP contribution in [0.1, 0.15) is 37.8 Å². The van der Waals surface area contributed by atoms with Crippen LogP contribution in [-0.4, -0.2) is 23.7 Å². The lowest BCUT2D eigenvalue weighted by atomic mass is 10.1. The SMILES string of the molecule is CCc1ccccc1CNC(=O)NCC(C)CCC(=O)O. The van der Waals surface area contributed by atoms with Crippen molar-refractivity contribution in [2.75, 3.05) is 6.54 Å². The number of benzene rings is 1. The third-order valence-electron chi connectivity index (χ3n) is 3.40. The molecule has 2 amide bonds. The van der Waals surface area contributed by atoms with Crippen LogP contribution in [0.5, 0.6) is 0 Å². The number of urea groups is 1. The molecule has 0 radical (unpaired) electrons. The first-order valence-electron chi connectivity index (χ1n) is 7.33. The molecule has 0 aliphatic heterocycles. The summed E-state index contributed by atoms with van der Waals surface area (Å²) in [6.07, 6.45) is 1.63. The molecule has 0 aliphatic rings. The molecule has 0 spiro atoms. The van der Waals surface area contributed by atoms with Crippen LogP contribution in [0.3, 0.4) is 0 Å². The summed E-state index contributed by atoms with van der Waals surface area (Å²) in [6, 6.07) is 7.80. The Morgan fingerprint density at radius 3 is 2.48 bits per heavy atom. The average molecular weight is 292 g/mol. The van der Waals surface area contributed by atoms with E-state index in [1.165, 1.54) is 5.56 Å². The minimum absolute atomic E-state index is 0.133. The van der Waals surface area contributed by atoms with Crippen LogP contribution in [0, 0.1) is 5.92 Å². The summed E-state index contributed by atoms with van der Waals surface area (Å²) >= 11 is 0. The number of aryl methyl sites for hydroxylation is 1. The maximum atomic E-state index is 11.7. The van der Waals surface area contributed by atoms with E-state index in [2.05, 4.69) is 23.6 Å². The summed E-state index contributed by atoms with van der Waals surface area (Å²) in [7, 11) is 0. The van der Waals surface area contributed by atoms with Crippen LogP contribution in [0.15, 0.2) is 24.3 Å². The second-order valence-electron chi connectivity index (χ2n) is 5.22. The molecule has 1 aromatic carbocycles. The molecule has 1 rings (SSSR count). The lowest BCUT2D eigenvalue weighted by molar-refractivity contribution is -0.137. The van der Waals surface area contributed by atoms with Gasteiger partial charge in [-0.05, 0) is 29.9 Å². The van der Waals surface area contributed by atoms with Gasteiger partial charge in [0.1, 0.15) is 0 Å². The fraction of sp³-hybridized carbons (Fsp3) is 0.500. The molecule has 0 aliphatic carbocycles. The molecule has 0 saturated heterocycles. The number of hydrogen-bond donors (Lipinski definition) is 3. The monoisotopic (exact) mass is 292 g/mol. The molecule has 1 atom stereocenters. The number of carbonyl (C=O) groups excluding carboxylic acids is 1. The summed E-state index contributed by atoms with van der Waals surface area (Å²) in [5, 5.41) is 14.2. The Hall–Kier alpha value is -2.04. The number of rotatable bonds is 8. The van der Waals surface area contributed by atoms with Gasteiger partial charge in [-0.3, -0.25) is 4.79 Å². The fourth-order valence-corrected chi connectivity index (χ4v) is 2.05. The summed E-state index contributed by atoms with van der Waals surface area (Å²) in [5.74, 6) is -0.655. The van der Waals surface area contributed by atoms with Crippen LogP contribution in [-0.2, 0) is 17.8 Å². The van der Waals surface area contributed by atoms with Gasteiger partial charge in [-0.2, -0.15) is 0 Å². The maximum absolute atomic E-state index is 11.7. The lowest BCUT2D eigenvalue weighted by Crippen LogP contribution is -2.37. The molecular weight excluding hydrogens is 268 g/mol. The van der Waals surface area contributed by atoms with Crippen molar-refractivity contribution < 1.29 is 14.7 Å². The largest absolute Gasteiger partial charge is 0.481 e. The van der Waals surface area contributed by atoms with Crippen LogP contribution in [0.25, 0.3) is 0 Å². The molecule has 0 bridgehead atoms. The lowest BCUT2D eigenvalue weighted by Gasteiger charge is -2.13. The fourth-order valence-electron chi connectivity index (χ4n) is 2.05. The van der Waals surface area contributed by atoms with E-state index in [-0.39, 0.29) is 18.4 Å². The van der Waals surface area contributed by atoms with Gasteiger partial charge in [0, 0.05) is 19.5 Å². The van der Waals surface area contributed by atoms with Gasteiger partial charge in [0.2, 0.25) is 0 Å². The van der Waals surface area contributed by atoms with Crippen molar-refractivity contribution in [2.45, 2.75) is 39.7 Å². The van der Waals surface area contributed by atoms with E-state index in [4.69, 9.17) is 5.11 Å². The number of aliphatic carboxylic acids is 1. The molecule has 0 fully saturated rings. The topological polar surface area (TPSA) is 78.4 Å². The standard InChI is InChI=1S/C16H24N2O3/c1-3-13-6-4-5-7-14(13)11-18-16(21)17-10-12(2)8-9-15(19)20/h4-7,12H,3,8-11H2,1-2H3,(H,19,20)(H2,17,18,21). The third kappa shape index (κ3) is 6.79. The first-order chi connectivity index (χ1) is 10.0. The van der Waals surface area contributed by atoms with Crippen molar-refractivity contribution >= 4 is 12.0 Å². The number of nitrogens with one attached hydrogen (secondary N) is 2. The highest BCUT2D eigenvalue weighted by Crippen LogP contribution is 2.09. The maximum Gasteiger partial charge on any atom is 0.315 e. The van der Waals surface area contributed by atoms with Crippen LogP contribution < -0.4 is 10.6 Å². The Bertz CT molecular complexity index is 474. The van der Waals surface area contributed by atoms with E-state index in [0.29, 0.717) is 19.5 Å². The van der Waals surface area contributed by atoms with Gasteiger partial charge in [0.25, 0.3) is 0 Å². The predicted molar refractivity (Wildman–Crippen MR) is 82.1 cm³/mol. The molecule has 0 aromatic heterocycles. The summed E-state index contributed by atoms with van der Waals surface area (Å²) in [5.41, 5.74) is 2.35. The summed E-state index contributed by atoms with van der Waals surface area (Å²) in [4.78, 5) is 22.2. The minimum Gasteiger partial charge on any atom is -0.481 e. The average Bonchev–Trinajstić information content (AvgIpc) is 2.49. The Morgan fingerprint density at radius 2 is 1.86 bits per heavy atom. The van der Waals surface area contributed by atoms with E-state index in [0.717, 1.165) is 12.0 Å². The van der Waals surface area contributed by atoms with Crippen molar-refractivity contribution in [3.63, 3.8) is 0 Å². The summed E-state index contributed by atoms with van der Waals surface area (Å²) < 4.78 is 0. The Morgan fingerprint density at radius 1 is 1.19 bits per heavy atom. The zero-order valence-electron chi connectivity index (χ0n) is 12.7. The molecule has 1 unspecified atom stereocenters. The van der Waals surface area contributed by atoms with Gasteiger partial charge in [-0.1, -0.05) is 38.1 Å². The zero-order valence-corrected chi connectivity index (χ0v) is 12.7. The highest BCUT2D eigenvalue weighted by Gasteiger charge is 2.08. The van der Waals surface area contributed by atoms with Gasteiger partial charge in [-0.25, -0.2) is 4.79 Å². The van der Waals surface area contributed by atoms with Crippen molar-refractivity contribution in [3.05, 3.63) is 35.4 Å². The molecule has 0 saturated carbocycles. The molecular formula is C16H24N2O3. The minimum atomic E-state index is -0.803. The highest BCUT2D eigenvalue weighted by atomic mass is 16.4. The van der Waals surface area contributed by atoms with E-state index in [9.17, 15) is 9.59 Å². The smallest absolute Gasteiger partial charge is 0.315 e. The van der Waals surface area contributed by atoms with Crippen molar-refractivity contribution in [1.29, 1.82) is 0 Å². The van der Waals surface area contributed by atoms with Crippen molar-refractivity contribution in [3.8, 4) is 0 Å². The van der Waals surface area contributed by atoms with Crippen LogP contribution in [0.2, 0.25) is 0 Å². The van der Waals surface area contributed by atoms with E-state index in [1.807, 2.05) is 25.1 Å². The Labute approximate surface area is 125 Å². The van der Waals surface area contributed by atoms with Crippen molar-refractivity contribution in [1.82, 2.24) is 10.6 Å². The number of carbonyl (C=O) groups is 2. The van der Waals surface area contributed by atoms with Crippen LogP contribution in [0.4, 0.5) is 4.79 Å². The first kappa shape index (κ1) is 17.0. The predicted octanol–water partition coefficient (Wildman–Crippen LogP) is 2.55. The Balaban J connectivity index is 2.29. The van der Waals surface area contributed by atoms with Gasteiger partial charge >= 0.3 is 12.0 Å². The molecule has 1 aromatic rings. The number of carboxylic acid groups (broad SMARTS) is 1. The van der Waals surface area contributed by atoms with E-state index in [1.54, 1.807) is 0 Å². The van der Waals surface area contributed by atoms with Gasteiger partial charge in [-0.15, -0.1) is 0 Å². The number of hydrogen-bond acceptors (Lipinski definition) is 2. The van der Waals surface area contributed by atoms with Gasteiger partial charge in [0.05, 0.1) is 0 Å². The summed E-state index contributed by atoms with van der Waals surface area (Å²) in [6.45, 7) is 4.99. The molecule has 116 valence electrons. The van der Waals surface area contributed by atoms with Gasteiger partial charge < -0.3 is 15.7 Å². The molecule has 0 heterocycles. The van der Waals surface area contributed by atoms with E-state index >= 15 is 0 Å². The molecule has 21 heavy (non-hydrogen) atoms. The number of carboxylic acids is 1. The molecule has 5 nitrogen and oxygen atoms in total. The quantitative estimate of drug-likeness (QED) is 0.689. The zero-order chi connectivity index (χ0) is 15.7. The third-order valence-corrected chi connectivity index (χ3v) is 3.40. The second-order valence-corrected chi connectivity index (χ2v) is 5.22. The first-order valence-corrected chi connectivity index (χ1v) is 7.33. The highest BCUT2D eigenvalue weighted by molar-refractivity contribution is 5.73. The van der Waals surface area contributed by atoms with E-state index < -0.39 is 5.97 Å². The Kier molecular flexibility index (Phi) is 7.29. The number of amides is 2. The molecule has 5 heteroatoms. The van der Waals surface area contributed by atoms with Crippen molar-refractivity contribution in [2.24, 2.45) is 5.92 Å². The normalized spacial score (nSPS) is 11.7. The van der Waals surface area contributed by atoms with Gasteiger partial charge in [0.15, 0.2) is 0 Å².